The van der Waals surface area contributed by atoms with Crippen LogP contribution in [0.3, 0.4) is 0 Å². The summed E-state index contributed by atoms with van der Waals surface area (Å²) in [5, 5.41) is 4.85. The first-order valence-corrected chi connectivity index (χ1v) is 8.54. The molecular weight excluding hydrogens is 266 g/mol. The molecule has 0 atom stereocenters. The molecule has 0 radical (unpaired) electrons. The maximum Gasteiger partial charge on any atom is 0.138 e. The zero-order valence-corrected chi connectivity index (χ0v) is 13.2. The summed E-state index contributed by atoms with van der Waals surface area (Å²) in [6, 6.07) is 2.88. The van der Waals surface area contributed by atoms with E-state index in [-0.39, 0.29) is 0 Å². The molecule has 1 fully saturated rings. The summed E-state index contributed by atoms with van der Waals surface area (Å²) in [7, 11) is 0. The van der Waals surface area contributed by atoms with Crippen molar-refractivity contribution >= 4 is 27.4 Å². The lowest BCUT2D eigenvalue weighted by Gasteiger charge is -2.23. The lowest BCUT2D eigenvalue weighted by atomic mass is 9.95. The van der Waals surface area contributed by atoms with E-state index in [0.717, 1.165) is 17.1 Å². The predicted molar refractivity (Wildman–Crippen MR) is 86.5 cm³/mol. The van der Waals surface area contributed by atoms with E-state index in [2.05, 4.69) is 35.2 Å². The predicted octanol–water partition coefficient (Wildman–Crippen LogP) is 4.63. The Balaban J connectivity index is 1.84. The second-order valence-corrected chi connectivity index (χ2v) is 7.35. The normalized spacial score (nSPS) is 16.9. The molecule has 1 aliphatic carbocycles. The van der Waals surface area contributed by atoms with Gasteiger partial charge in [0.25, 0.3) is 0 Å². The standard InChI is InChI=1S/C16H23N3S/c1-11(2)8-13-9-14-15(17-10-18-16(14)20-13)19-12-6-4-3-5-7-12/h9-12H,3-8H2,1-2H3,(H,17,18,19). The van der Waals surface area contributed by atoms with Crippen LogP contribution in [0.25, 0.3) is 10.2 Å². The van der Waals surface area contributed by atoms with Gasteiger partial charge in [-0.3, -0.25) is 0 Å². The Hall–Kier alpha value is -1.16. The zero-order chi connectivity index (χ0) is 13.9. The summed E-state index contributed by atoms with van der Waals surface area (Å²) < 4.78 is 0. The third-order valence-electron chi connectivity index (χ3n) is 3.94. The van der Waals surface area contributed by atoms with Crippen molar-refractivity contribution in [3.63, 3.8) is 0 Å². The average molecular weight is 289 g/mol. The molecule has 2 aromatic heterocycles. The van der Waals surface area contributed by atoms with E-state index < -0.39 is 0 Å². The Morgan fingerprint density at radius 3 is 2.80 bits per heavy atom. The lowest BCUT2D eigenvalue weighted by Crippen LogP contribution is -2.22. The fourth-order valence-corrected chi connectivity index (χ4v) is 4.17. The van der Waals surface area contributed by atoms with Gasteiger partial charge in [-0.1, -0.05) is 33.1 Å². The zero-order valence-electron chi connectivity index (χ0n) is 12.4. The summed E-state index contributed by atoms with van der Waals surface area (Å²) >= 11 is 1.81. The van der Waals surface area contributed by atoms with Gasteiger partial charge < -0.3 is 5.32 Å². The van der Waals surface area contributed by atoms with Gasteiger partial charge in [0.1, 0.15) is 17.0 Å². The molecule has 0 amide bonds. The summed E-state index contributed by atoms with van der Waals surface area (Å²) in [6.07, 6.45) is 9.44. The number of thiophene rings is 1. The lowest BCUT2D eigenvalue weighted by molar-refractivity contribution is 0.462. The van der Waals surface area contributed by atoms with Crippen LogP contribution >= 0.6 is 11.3 Å². The van der Waals surface area contributed by atoms with Gasteiger partial charge in [0.2, 0.25) is 0 Å². The third-order valence-corrected chi connectivity index (χ3v) is 5.00. The number of aromatic nitrogens is 2. The number of hydrogen-bond donors (Lipinski definition) is 1. The summed E-state index contributed by atoms with van der Waals surface area (Å²) in [6.45, 7) is 4.52. The first kappa shape index (κ1) is 13.8. The van der Waals surface area contributed by atoms with Crippen LogP contribution in [0.5, 0.6) is 0 Å². The molecule has 108 valence electrons. The molecule has 20 heavy (non-hydrogen) atoms. The number of anilines is 1. The van der Waals surface area contributed by atoms with E-state index >= 15 is 0 Å². The molecule has 0 aromatic carbocycles. The second-order valence-electron chi connectivity index (χ2n) is 6.23. The van der Waals surface area contributed by atoms with Gasteiger partial charge in [-0.05, 0) is 31.2 Å². The maximum absolute atomic E-state index is 4.48. The summed E-state index contributed by atoms with van der Waals surface area (Å²) in [5.74, 6) is 1.72. The molecule has 1 aliphatic rings. The van der Waals surface area contributed by atoms with Crippen molar-refractivity contribution in [1.82, 2.24) is 9.97 Å². The second kappa shape index (κ2) is 6.08. The fourth-order valence-electron chi connectivity index (χ4n) is 2.96. The Kier molecular flexibility index (Phi) is 4.20. The van der Waals surface area contributed by atoms with Crippen molar-refractivity contribution in [2.24, 2.45) is 5.92 Å². The molecule has 0 unspecified atom stereocenters. The molecule has 3 rings (SSSR count). The van der Waals surface area contributed by atoms with Crippen LogP contribution in [0, 0.1) is 5.92 Å². The quantitative estimate of drug-likeness (QED) is 0.891. The van der Waals surface area contributed by atoms with E-state index in [9.17, 15) is 0 Å². The van der Waals surface area contributed by atoms with Crippen molar-refractivity contribution in [2.45, 2.75) is 58.4 Å². The van der Waals surface area contributed by atoms with Gasteiger partial charge in [-0.25, -0.2) is 9.97 Å². The van der Waals surface area contributed by atoms with Crippen LogP contribution in [-0.2, 0) is 6.42 Å². The third kappa shape index (κ3) is 3.11. The molecule has 1 N–H and O–H groups in total. The molecule has 4 heteroatoms. The van der Waals surface area contributed by atoms with Crippen LogP contribution < -0.4 is 5.32 Å². The number of nitrogens with one attached hydrogen (secondary N) is 1. The Morgan fingerprint density at radius 1 is 1.25 bits per heavy atom. The van der Waals surface area contributed by atoms with Crippen molar-refractivity contribution in [1.29, 1.82) is 0 Å². The van der Waals surface area contributed by atoms with Crippen LogP contribution in [-0.4, -0.2) is 16.0 Å². The van der Waals surface area contributed by atoms with Gasteiger partial charge in [0.15, 0.2) is 0 Å². The van der Waals surface area contributed by atoms with Crippen molar-refractivity contribution in [2.75, 3.05) is 5.32 Å². The number of hydrogen-bond acceptors (Lipinski definition) is 4. The minimum Gasteiger partial charge on any atom is -0.367 e. The highest BCUT2D eigenvalue weighted by molar-refractivity contribution is 7.18. The maximum atomic E-state index is 4.48. The molecule has 2 heterocycles. The highest BCUT2D eigenvalue weighted by atomic mass is 32.1. The van der Waals surface area contributed by atoms with Gasteiger partial charge in [-0.2, -0.15) is 0 Å². The van der Waals surface area contributed by atoms with Crippen LogP contribution in [0.4, 0.5) is 5.82 Å². The molecule has 0 aliphatic heterocycles. The van der Waals surface area contributed by atoms with Crippen molar-refractivity contribution < 1.29 is 0 Å². The molecule has 1 saturated carbocycles. The van der Waals surface area contributed by atoms with E-state index in [4.69, 9.17) is 0 Å². The van der Waals surface area contributed by atoms with Gasteiger partial charge in [0.05, 0.1) is 5.39 Å². The van der Waals surface area contributed by atoms with Gasteiger partial charge in [0, 0.05) is 10.9 Å². The van der Waals surface area contributed by atoms with E-state index in [1.807, 2.05) is 11.3 Å². The van der Waals surface area contributed by atoms with Gasteiger partial charge >= 0.3 is 0 Å². The van der Waals surface area contributed by atoms with E-state index in [1.54, 1.807) is 6.33 Å². The number of rotatable bonds is 4. The van der Waals surface area contributed by atoms with Crippen molar-refractivity contribution in [3.05, 3.63) is 17.3 Å². The van der Waals surface area contributed by atoms with E-state index in [0.29, 0.717) is 12.0 Å². The molecular formula is C16H23N3S. The highest BCUT2D eigenvalue weighted by Crippen LogP contribution is 2.31. The monoisotopic (exact) mass is 289 g/mol. The van der Waals surface area contributed by atoms with Crippen LogP contribution in [0.2, 0.25) is 0 Å². The molecule has 0 spiro atoms. The minimum absolute atomic E-state index is 0.593. The first-order valence-electron chi connectivity index (χ1n) is 7.72. The fraction of sp³-hybridized carbons (Fsp3) is 0.625. The Morgan fingerprint density at radius 2 is 2.05 bits per heavy atom. The van der Waals surface area contributed by atoms with Crippen LogP contribution in [0.1, 0.15) is 50.8 Å². The topological polar surface area (TPSA) is 37.8 Å². The largest absolute Gasteiger partial charge is 0.367 e. The van der Waals surface area contributed by atoms with Crippen molar-refractivity contribution in [3.8, 4) is 0 Å². The molecule has 0 saturated heterocycles. The average Bonchev–Trinajstić information content (AvgIpc) is 2.82. The first-order chi connectivity index (χ1) is 9.72. The number of fused-ring (bicyclic) bond motifs is 1. The molecule has 2 aromatic rings. The highest BCUT2D eigenvalue weighted by Gasteiger charge is 2.16. The molecule has 0 bridgehead atoms. The summed E-state index contributed by atoms with van der Waals surface area (Å²) in [4.78, 5) is 11.4. The van der Waals surface area contributed by atoms with E-state index in [1.165, 1.54) is 42.4 Å². The molecule has 3 nitrogen and oxygen atoms in total. The Bertz CT molecular complexity index is 570. The number of nitrogens with zero attached hydrogens (tertiary/aromatic N) is 2. The van der Waals surface area contributed by atoms with Crippen LogP contribution in [0.15, 0.2) is 12.4 Å². The van der Waals surface area contributed by atoms with Gasteiger partial charge in [-0.15, -0.1) is 11.3 Å². The minimum atomic E-state index is 0.593. The SMILES string of the molecule is CC(C)Cc1cc2c(NC3CCCCC3)ncnc2s1. The Labute approximate surface area is 124 Å². The summed E-state index contributed by atoms with van der Waals surface area (Å²) in [5.41, 5.74) is 0. The smallest absolute Gasteiger partial charge is 0.138 e.